The predicted molar refractivity (Wildman–Crippen MR) is 133 cm³/mol. The minimum atomic E-state index is -0.127. The second-order valence-corrected chi connectivity index (χ2v) is 9.10. The molecule has 0 spiro atoms. The van der Waals surface area contributed by atoms with E-state index < -0.39 is 0 Å². The first kappa shape index (κ1) is 22.2. The van der Waals surface area contributed by atoms with Gasteiger partial charge in [-0.1, -0.05) is 92.2 Å². The average molecular weight is 445 g/mol. The standard InChI is InChI=1S/C28H29ClN2O/c1-20(2)17-30-28(32)16-24(22-12-6-8-14-26(22)29)25-19-31(18-21-10-4-3-5-11-21)27-15-9-7-13-23(25)27/h3-15,19-20,24H,16-18H2,1-2H3,(H,30,32). The highest BCUT2D eigenvalue weighted by Crippen LogP contribution is 2.37. The third-order valence-corrected chi connectivity index (χ3v) is 6.11. The fourth-order valence-corrected chi connectivity index (χ4v) is 4.45. The van der Waals surface area contributed by atoms with Gasteiger partial charge in [0, 0.05) is 47.6 Å². The highest BCUT2D eigenvalue weighted by atomic mass is 35.5. The van der Waals surface area contributed by atoms with Gasteiger partial charge in [0.25, 0.3) is 0 Å². The van der Waals surface area contributed by atoms with Crippen molar-refractivity contribution in [1.82, 2.24) is 9.88 Å². The zero-order chi connectivity index (χ0) is 22.5. The molecule has 3 aromatic carbocycles. The molecule has 1 amide bonds. The van der Waals surface area contributed by atoms with Crippen LogP contribution in [0.3, 0.4) is 0 Å². The van der Waals surface area contributed by atoms with E-state index in [1.165, 1.54) is 5.56 Å². The number of aromatic nitrogens is 1. The van der Waals surface area contributed by atoms with E-state index in [1.54, 1.807) is 0 Å². The van der Waals surface area contributed by atoms with Gasteiger partial charge in [0.15, 0.2) is 0 Å². The SMILES string of the molecule is CC(C)CNC(=O)CC(c1ccccc1Cl)c1cn(Cc2ccccc2)c2ccccc12. The fourth-order valence-electron chi connectivity index (χ4n) is 4.18. The number of carbonyl (C=O) groups excluding carboxylic acids is 1. The van der Waals surface area contributed by atoms with E-state index in [4.69, 9.17) is 11.6 Å². The molecule has 0 saturated heterocycles. The van der Waals surface area contributed by atoms with Crippen LogP contribution in [-0.4, -0.2) is 17.0 Å². The van der Waals surface area contributed by atoms with Crippen molar-refractivity contribution in [3.63, 3.8) is 0 Å². The molecular formula is C28H29ClN2O. The Hall–Kier alpha value is -3.04. The molecule has 1 aromatic heterocycles. The van der Waals surface area contributed by atoms with Gasteiger partial charge in [0.1, 0.15) is 0 Å². The summed E-state index contributed by atoms with van der Waals surface area (Å²) >= 11 is 6.63. The van der Waals surface area contributed by atoms with Gasteiger partial charge in [-0.15, -0.1) is 0 Å². The first-order valence-corrected chi connectivity index (χ1v) is 11.5. The van der Waals surface area contributed by atoms with Gasteiger partial charge in [-0.2, -0.15) is 0 Å². The van der Waals surface area contributed by atoms with E-state index >= 15 is 0 Å². The summed E-state index contributed by atoms with van der Waals surface area (Å²) in [6.45, 7) is 5.64. The number of halogens is 1. The quantitative estimate of drug-likeness (QED) is 0.325. The smallest absolute Gasteiger partial charge is 0.220 e. The molecule has 0 aliphatic rings. The molecule has 4 heteroatoms. The highest BCUT2D eigenvalue weighted by Gasteiger charge is 2.24. The predicted octanol–water partition coefficient (Wildman–Crippen LogP) is 6.64. The van der Waals surface area contributed by atoms with E-state index in [0.717, 1.165) is 28.6 Å². The summed E-state index contributed by atoms with van der Waals surface area (Å²) in [4.78, 5) is 12.9. The monoisotopic (exact) mass is 444 g/mol. The van der Waals surface area contributed by atoms with Crippen LogP contribution < -0.4 is 5.32 Å². The number of nitrogens with one attached hydrogen (secondary N) is 1. The van der Waals surface area contributed by atoms with Crippen LogP contribution in [0, 0.1) is 5.92 Å². The zero-order valence-corrected chi connectivity index (χ0v) is 19.3. The number of hydrogen-bond donors (Lipinski definition) is 1. The van der Waals surface area contributed by atoms with Crippen molar-refractivity contribution < 1.29 is 4.79 Å². The molecule has 0 fully saturated rings. The van der Waals surface area contributed by atoms with Gasteiger partial charge < -0.3 is 9.88 Å². The summed E-state index contributed by atoms with van der Waals surface area (Å²) in [5.74, 6) is 0.326. The lowest BCUT2D eigenvalue weighted by atomic mass is 9.88. The largest absolute Gasteiger partial charge is 0.356 e. The summed E-state index contributed by atoms with van der Waals surface area (Å²) in [5.41, 5.74) is 4.51. The molecule has 32 heavy (non-hydrogen) atoms. The van der Waals surface area contributed by atoms with Crippen molar-refractivity contribution >= 4 is 28.4 Å². The molecule has 1 unspecified atom stereocenters. The number of amides is 1. The van der Waals surface area contributed by atoms with E-state index in [1.807, 2.05) is 30.3 Å². The maximum absolute atomic E-state index is 12.9. The molecule has 3 nitrogen and oxygen atoms in total. The highest BCUT2D eigenvalue weighted by molar-refractivity contribution is 6.31. The van der Waals surface area contributed by atoms with E-state index in [9.17, 15) is 4.79 Å². The van der Waals surface area contributed by atoms with E-state index in [0.29, 0.717) is 23.9 Å². The lowest BCUT2D eigenvalue weighted by Gasteiger charge is -2.19. The molecule has 4 aromatic rings. The molecule has 4 rings (SSSR count). The zero-order valence-electron chi connectivity index (χ0n) is 18.6. The topological polar surface area (TPSA) is 34.0 Å². The molecule has 0 saturated carbocycles. The Bertz CT molecular complexity index is 1200. The van der Waals surface area contributed by atoms with Crippen LogP contribution in [0.25, 0.3) is 10.9 Å². The Morgan fingerprint density at radius 1 is 0.906 bits per heavy atom. The van der Waals surface area contributed by atoms with Gasteiger partial charge in [0.05, 0.1) is 0 Å². The van der Waals surface area contributed by atoms with Gasteiger partial charge in [-0.05, 0) is 34.7 Å². The lowest BCUT2D eigenvalue weighted by molar-refractivity contribution is -0.121. The second kappa shape index (κ2) is 10.1. The minimum absolute atomic E-state index is 0.0449. The second-order valence-electron chi connectivity index (χ2n) is 8.69. The molecular weight excluding hydrogens is 416 g/mol. The molecule has 0 radical (unpaired) electrons. The Labute approximate surface area is 195 Å². The molecule has 0 bridgehead atoms. The number of fused-ring (bicyclic) bond motifs is 1. The van der Waals surface area contributed by atoms with Crippen molar-refractivity contribution in [3.05, 3.63) is 107 Å². The van der Waals surface area contributed by atoms with Crippen molar-refractivity contribution in [2.45, 2.75) is 32.7 Å². The molecule has 1 heterocycles. The van der Waals surface area contributed by atoms with Crippen LogP contribution in [0.1, 0.15) is 42.9 Å². The van der Waals surface area contributed by atoms with Crippen LogP contribution in [0.4, 0.5) is 0 Å². The van der Waals surface area contributed by atoms with E-state index in [-0.39, 0.29) is 11.8 Å². The van der Waals surface area contributed by atoms with Crippen molar-refractivity contribution in [3.8, 4) is 0 Å². The summed E-state index contributed by atoms with van der Waals surface area (Å²) < 4.78 is 2.27. The third-order valence-electron chi connectivity index (χ3n) is 5.77. The van der Waals surface area contributed by atoms with E-state index in [2.05, 4.69) is 78.5 Å². The third kappa shape index (κ3) is 5.05. The van der Waals surface area contributed by atoms with Crippen LogP contribution in [0.2, 0.25) is 5.02 Å². The maximum Gasteiger partial charge on any atom is 0.220 e. The van der Waals surface area contributed by atoms with Crippen molar-refractivity contribution in [1.29, 1.82) is 0 Å². The summed E-state index contributed by atoms with van der Waals surface area (Å²) in [7, 11) is 0. The lowest BCUT2D eigenvalue weighted by Crippen LogP contribution is -2.28. The molecule has 0 aliphatic heterocycles. The number of nitrogens with zero attached hydrogens (tertiary/aromatic N) is 1. The van der Waals surface area contributed by atoms with Gasteiger partial charge >= 0.3 is 0 Å². The van der Waals surface area contributed by atoms with Crippen LogP contribution in [0.15, 0.2) is 85.1 Å². The van der Waals surface area contributed by atoms with Crippen LogP contribution in [-0.2, 0) is 11.3 Å². The van der Waals surface area contributed by atoms with Crippen molar-refractivity contribution in [2.24, 2.45) is 5.92 Å². The number of rotatable bonds is 8. The number of hydrogen-bond acceptors (Lipinski definition) is 1. The first-order chi connectivity index (χ1) is 15.5. The Morgan fingerprint density at radius 3 is 2.34 bits per heavy atom. The van der Waals surface area contributed by atoms with Crippen molar-refractivity contribution in [2.75, 3.05) is 6.54 Å². The number of carbonyl (C=O) groups is 1. The minimum Gasteiger partial charge on any atom is -0.356 e. The normalized spacial score (nSPS) is 12.2. The average Bonchev–Trinajstić information content (AvgIpc) is 3.15. The number of benzene rings is 3. The Morgan fingerprint density at radius 2 is 1.59 bits per heavy atom. The summed E-state index contributed by atoms with van der Waals surface area (Å²) in [6, 6.07) is 26.7. The molecule has 1 atom stereocenters. The number of para-hydroxylation sites is 1. The molecule has 164 valence electrons. The summed E-state index contributed by atoms with van der Waals surface area (Å²) in [5, 5.41) is 4.92. The fraction of sp³-hybridized carbons (Fsp3) is 0.250. The van der Waals surface area contributed by atoms with Gasteiger partial charge in [-0.25, -0.2) is 0 Å². The Kier molecular flexibility index (Phi) is 6.96. The summed E-state index contributed by atoms with van der Waals surface area (Å²) in [6.07, 6.45) is 2.55. The van der Waals surface area contributed by atoms with Gasteiger partial charge in [-0.3, -0.25) is 4.79 Å². The first-order valence-electron chi connectivity index (χ1n) is 11.2. The van der Waals surface area contributed by atoms with Crippen LogP contribution in [0.5, 0.6) is 0 Å². The van der Waals surface area contributed by atoms with Crippen LogP contribution >= 0.6 is 11.6 Å². The van der Waals surface area contributed by atoms with Gasteiger partial charge in [0.2, 0.25) is 5.91 Å². The maximum atomic E-state index is 12.9. The molecule has 1 N–H and O–H groups in total. The molecule has 0 aliphatic carbocycles. The Balaban J connectivity index is 1.77.